The van der Waals surface area contributed by atoms with E-state index in [0.29, 0.717) is 10.6 Å². The Bertz CT molecular complexity index is 472. The van der Waals surface area contributed by atoms with Gasteiger partial charge in [-0.05, 0) is 19.1 Å². The molecule has 2 N–H and O–H groups in total. The number of ketones is 1. The van der Waals surface area contributed by atoms with Crippen LogP contribution in [0.15, 0.2) is 29.8 Å². The molecular formula is C11H9ClN2O. The second kappa shape index (κ2) is 4.63. The molecular weight excluding hydrogens is 212 g/mol. The average Bonchev–Trinajstić information content (AvgIpc) is 2.18. The van der Waals surface area contributed by atoms with Gasteiger partial charge in [0.1, 0.15) is 11.6 Å². The van der Waals surface area contributed by atoms with Crippen molar-refractivity contribution in [1.29, 1.82) is 5.26 Å². The van der Waals surface area contributed by atoms with Crippen LogP contribution in [0, 0.1) is 11.3 Å². The Labute approximate surface area is 92.8 Å². The zero-order valence-electron chi connectivity index (χ0n) is 8.12. The van der Waals surface area contributed by atoms with Crippen LogP contribution in [0.1, 0.15) is 12.5 Å². The average molecular weight is 221 g/mol. The van der Waals surface area contributed by atoms with Crippen LogP contribution in [0.25, 0.3) is 5.70 Å². The van der Waals surface area contributed by atoms with Gasteiger partial charge in [-0.1, -0.05) is 23.7 Å². The van der Waals surface area contributed by atoms with Crippen LogP contribution in [-0.4, -0.2) is 5.78 Å². The number of allylic oxidation sites excluding steroid dienone is 1. The van der Waals surface area contributed by atoms with Crippen LogP contribution in [0.3, 0.4) is 0 Å². The number of carbonyl (C=O) groups is 1. The third-order valence-electron chi connectivity index (χ3n) is 1.87. The highest BCUT2D eigenvalue weighted by Gasteiger charge is 2.10. The number of halogens is 1. The van der Waals surface area contributed by atoms with E-state index in [1.54, 1.807) is 30.3 Å². The van der Waals surface area contributed by atoms with Crippen molar-refractivity contribution in [2.75, 3.05) is 0 Å². The lowest BCUT2D eigenvalue weighted by atomic mass is 10.1. The van der Waals surface area contributed by atoms with Gasteiger partial charge >= 0.3 is 0 Å². The van der Waals surface area contributed by atoms with Gasteiger partial charge in [-0.2, -0.15) is 5.26 Å². The molecule has 0 fully saturated rings. The summed E-state index contributed by atoms with van der Waals surface area (Å²) in [5, 5.41) is 9.27. The van der Waals surface area contributed by atoms with E-state index in [-0.39, 0.29) is 17.1 Å². The van der Waals surface area contributed by atoms with Crippen molar-refractivity contribution in [3.05, 3.63) is 40.4 Å². The van der Waals surface area contributed by atoms with Crippen molar-refractivity contribution >= 4 is 23.1 Å². The van der Waals surface area contributed by atoms with Crippen LogP contribution in [0.5, 0.6) is 0 Å². The first-order valence-electron chi connectivity index (χ1n) is 4.23. The fraction of sp³-hybridized carbons (Fsp3) is 0.0909. The van der Waals surface area contributed by atoms with Crippen molar-refractivity contribution in [3.63, 3.8) is 0 Å². The SMILES string of the molecule is CC(=O)/C(C#N)=C(\N)c1cccc(Cl)c1. The molecule has 0 bridgehead atoms. The van der Waals surface area contributed by atoms with E-state index in [1.807, 2.05) is 0 Å². The van der Waals surface area contributed by atoms with E-state index >= 15 is 0 Å². The molecule has 0 spiro atoms. The number of nitrogens with two attached hydrogens (primary N) is 1. The molecule has 1 aromatic carbocycles. The molecule has 0 aromatic heterocycles. The largest absolute Gasteiger partial charge is 0.397 e. The summed E-state index contributed by atoms with van der Waals surface area (Å²) in [4.78, 5) is 11.1. The third-order valence-corrected chi connectivity index (χ3v) is 2.10. The van der Waals surface area contributed by atoms with Gasteiger partial charge in [-0.3, -0.25) is 4.79 Å². The summed E-state index contributed by atoms with van der Waals surface area (Å²) in [6.07, 6.45) is 0. The maximum Gasteiger partial charge on any atom is 0.172 e. The lowest BCUT2D eigenvalue weighted by Gasteiger charge is -2.03. The molecule has 1 aromatic rings. The minimum atomic E-state index is -0.352. The summed E-state index contributed by atoms with van der Waals surface area (Å²) in [5.74, 6) is -0.352. The van der Waals surface area contributed by atoms with Crippen LogP contribution < -0.4 is 5.73 Å². The first-order chi connectivity index (χ1) is 7.06. The Morgan fingerprint density at radius 2 is 2.20 bits per heavy atom. The monoisotopic (exact) mass is 220 g/mol. The second-order valence-corrected chi connectivity index (χ2v) is 3.40. The number of benzene rings is 1. The molecule has 0 aliphatic carbocycles. The smallest absolute Gasteiger partial charge is 0.172 e. The minimum Gasteiger partial charge on any atom is -0.397 e. The molecule has 4 heteroatoms. The highest BCUT2D eigenvalue weighted by atomic mass is 35.5. The third kappa shape index (κ3) is 2.58. The maximum atomic E-state index is 11.1. The van der Waals surface area contributed by atoms with Gasteiger partial charge in [0.2, 0.25) is 0 Å². The zero-order valence-corrected chi connectivity index (χ0v) is 8.88. The standard InChI is InChI=1S/C11H9ClN2O/c1-7(15)10(6-13)11(14)8-3-2-4-9(12)5-8/h2-5H,14H2,1H3/b11-10-. The summed E-state index contributed by atoms with van der Waals surface area (Å²) in [7, 11) is 0. The molecule has 0 unspecified atom stereocenters. The van der Waals surface area contributed by atoms with Crippen LogP contribution in [-0.2, 0) is 4.79 Å². The van der Waals surface area contributed by atoms with Gasteiger partial charge in [0.25, 0.3) is 0 Å². The Morgan fingerprint density at radius 1 is 1.53 bits per heavy atom. The number of rotatable bonds is 2. The molecule has 0 saturated heterocycles. The zero-order chi connectivity index (χ0) is 11.4. The van der Waals surface area contributed by atoms with Crippen molar-refractivity contribution in [2.24, 2.45) is 5.73 Å². The highest BCUT2D eigenvalue weighted by Crippen LogP contribution is 2.18. The van der Waals surface area contributed by atoms with E-state index in [9.17, 15) is 4.79 Å². The van der Waals surface area contributed by atoms with E-state index < -0.39 is 0 Å². The van der Waals surface area contributed by atoms with Crippen molar-refractivity contribution < 1.29 is 4.79 Å². The summed E-state index contributed by atoms with van der Waals surface area (Å²) < 4.78 is 0. The van der Waals surface area contributed by atoms with Gasteiger partial charge in [-0.25, -0.2) is 0 Å². The van der Waals surface area contributed by atoms with E-state index in [0.717, 1.165) is 0 Å². The molecule has 0 heterocycles. The molecule has 0 saturated carbocycles. The quantitative estimate of drug-likeness (QED) is 0.613. The van der Waals surface area contributed by atoms with Crippen molar-refractivity contribution in [3.8, 4) is 6.07 Å². The summed E-state index contributed by atoms with van der Waals surface area (Å²) in [6.45, 7) is 1.30. The number of hydrogen-bond donors (Lipinski definition) is 1. The maximum absolute atomic E-state index is 11.1. The first kappa shape index (κ1) is 11.3. The molecule has 76 valence electrons. The van der Waals surface area contributed by atoms with E-state index in [4.69, 9.17) is 22.6 Å². The molecule has 0 amide bonds. The number of nitriles is 1. The fourth-order valence-corrected chi connectivity index (χ4v) is 1.32. The Balaban J connectivity index is 3.30. The summed E-state index contributed by atoms with van der Waals surface area (Å²) >= 11 is 5.77. The van der Waals surface area contributed by atoms with Gasteiger partial charge in [0.15, 0.2) is 5.78 Å². The minimum absolute atomic E-state index is 0.0442. The summed E-state index contributed by atoms with van der Waals surface area (Å²) in [5.41, 5.74) is 6.39. The Kier molecular flexibility index (Phi) is 3.48. The second-order valence-electron chi connectivity index (χ2n) is 2.97. The number of nitrogens with zero attached hydrogens (tertiary/aromatic N) is 1. The fourth-order valence-electron chi connectivity index (χ4n) is 1.13. The molecule has 0 radical (unpaired) electrons. The normalized spacial score (nSPS) is 11.5. The predicted molar refractivity (Wildman–Crippen MR) is 58.9 cm³/mol. The highest BCUT2D eigenvalue weighted by molar-refractivity contribution is 6.30. The number of Topliss-reactive ketones (excluding diaryl/α,β-unsaturated/α-hetero) is 1. The Hall–Kier alpha value is -1.79. The summed E-state index contributed by atoms with van der Waals surface area (Å²) in [6, 6.07) is 8.49. The van der Waals surface area contributed by atoms with Crippen LogP contribution in [0.2, 0.25) is 5.02 Å². The van der Waals surface area contributed by atoms with Gasteiger partial charge in [0.05, 0.1) is 5.70 Å². The lowest BCUT2D eigenvalue weighted by Crippen LogP contribution is -2.06. The molecule has 0 aliphatic rings. The van der Waals surface area contributed by atoms with Crippen LogP contribution in [0.4, 0.5) is 0 Å². The first-order valence-corrected chi connectivity index (χ1v) is 4.60. The molecule has 0 atom stereocenters. The molecule has 0 aliphatic heterocycles. The predicted octanol–water partition coefficient (Wildman–Crippen LogP) is 2.12. The molecule has 15 heavy (non-hydrogen) atoms. The van der Waals surface area contributed by atoms with Crippen molar-refractivity contribution in [2.45, 2.75) is 6.92 Å². The van der Waals surface area contributed by atoms with Crippen LogP contribution >= 0.6 is 11.6 Å². The van der Waals surface area contributed by atoms with Gasteiger partial charge < -0.3 is 5.73 Å². The Morgan fingerprint density at radius 3 is 2.67 bits per heavy atom. The van der Waals surface area contributed by atoms with E-state index in [1.165, 1.54) is 6.92 Å². The molecule has 3 nitrogen and oxygen atoms in total. The topological polar surface area (TPSA) is 66.9 Å². The lowest BCUT2D eigenvalue weighted by molar-refractivity contribution is -0.113. The number of hydrogen-bond acceptors (Lipinski definition) is 3. The molecule has 1 rings (SSSR count). The van der Waals surface area contributed by atoms with Gasteiger partial charge in [0, 0.05) is 10.6 Å². The van der Waals surface area contributed by atoms with Crippen molar-refractivity contribution in [1.82, 2.24) is 0 Å². The number of carbonyl (C=O) groups excluding carboxylic acids is 1. The van der Waals surface area contributed by atoms with Gasteiger partial charge in [-0.15, -0.1) is 0 Å². The van der Waals surface area contributed by atoms with E-state index in [2.05, 4.69) is 0 Å².